The second kappa shape index (κ2) is 11.6. The number of ether oxygens (including phenoxy) is 1. The highest BCUT2D eigenvalue weighted by molar-refractivity contribution is 5.97. The van der Waals surface area contributed by atoms with E-state index in [4.69, 9.17) is 4.74 Å². The van der Waals surface area contributed by atoms with Gasteiger partial charge in [0.05, 0.1) is 19.1 Å². The SMILES string of the molecule is COc1ccc(N2C(=O)CC[C@H](C(=O)NCCCN3CCN(C)CC3)[C@@H]2c2ccc(F)cc2)cc1. The zero-order valence-electron chi connectivity index (χ0n) is 20.6. The van der Waals surface area contributed by atoms with E-state index < -0.39 is 12.0 Å². The quantitative estimate of drug-likeness (QED) is 0.586. The molecular formula is C27H35FN4O3. The second-order valence-corrected chi connectivity index (χ2v) is 9.39. The van der Waals surface area contributed by atoms with Crippen LogP contribution in [-0.2, 0) is 9.59 Å². The molecule has 0 radical (unpaired) electrons. The van der Waals surface area contributed by atoms with Gasteiger partial charge in [0, 0.05) is 44.8 Å². The van der Waals surface area contributed by atoms with Gasteiger partial charge in [0.1, 0.15) is 11.6 Å². The van der Waals surface area contributed by atoms with Crippen molar-refractivity contribution in [3.05, 3.63) is 59.9 Å². The van der Waals surface area contributed by atoms with E-state index in [9.17, 15) is 14.0 Å². The number of halogens is 1. The number of amides is 2. The van der Waals surface area contributed by atoms with E-state index in [1.165, 1.54) is 12.1 Å². The largest absolute Gasteiger partial charge is 0.497 e. The zero-order chi connectivity index (χ0) is 24.8. The lowest BCUT2D eigenvalue weighted by atomic mass is 9.83. The Bertz CT molecular complexity index is 990. The summed E-state index contributed by atoms with van der Waals surface area (Å²) in [4.78, 5) is 32.9. The predicted molar refractivity (Wildman–Crippen MR) is 134 cm³/mol. The van der Waals surface area contributed by atoms with Crippen LogP contribution in [0.2, 0.25) is 0 Å². The Kier molecular flexibility index (Phi) is 8.36. The highest BCUT2D eigenvalue weighted by Crippen LogP contribution is 2.40. The molecule has 0 unspecified atom stereocenters. The Morgan fingerprint density at radius 2 is 1.74 bits per heavy atom. The summed E-state index contributed by atoms with van der Waals surface area (Å²) in [5.41, 5.74) is 1.44. The maximum Gasteiger partial charge on any atom is 0.227 e. The maximum absolute atomic E-state index is 13.7. The van der Waals surface area contributed by atoms with Crippen LogP contribution in [-0.4, -0.2) is 75.0 Å². The fourth-order valence-electron chi connectivity index (χ4n) is 4.97. The predicted octanol–water partition coefficient (Wildman–Crippen LogP) is 3.07. The first kappa shape index (κ1) is 25.1. The van der Waals surface area contributed by atoms with E-state index in [1.54, 1.807) is 36.3 Å². The third kappa shape index (κ3) is 6.18. The number of benzene rings is 2. The Balaban J connectivity index is 1.48. The average Bonchev–Trinajstić information content (AvgIpc) is 2.88. The smallest absolute Gasteiger partial charge is 0.227 e. The van der Waals surface area contributed by atoms with Crippen LogP contribution in [0.5, 0.6) is 5.75 Å². The second-order valence-electron chi connectivity index (χ2n) is 9.39. The van der Waals surface area contributed by atoms with Crippen LogP contribution >= 0.6 is 0 Å². The molecule has 0 bridgehead atoms. The van der Waals surface area contributed by atoms with Crippen molar-refractivity contribution in [3.63, 3.8) is 0 Å². The normalized spacial score (nSPS) is 21.7. The number of nitrogens with zero attached hydrogens (tertiary/aromatic N) is 3. The van der Waals surface area contributed by atoms with E-state index in [0.29, 0.717) is 24.4 Å². The van der Waals surface area contributed by atoms with Crippen molar-refractivity contribution >= 4 is 17.5 Å². The number of methoxy groups -OCH3 is 1. The van der Waals surface area contributed by atoms with Gasteiger partial charge in [0.25, 0.3) is 0 Å². The number of hydrogen-bond donors (Lipinski definition) is 1. The van der Waals surface area contributed by atoms with Crippen LogP contribution in [0.15, 0.2) is 48.5 Å². The van der Waals surface area contributed by atoms with Crippen LogP contribution in [0.25, 0.3) is 0 Å². The van der Waals surface area contributed by atoms with Crippen molar-refractivity contribution in [2.75, 3.05) is 58.3 Å². The molecule has 2 heterocycles. The van der Waals surface area contributed by atoms with Gasteiger partial charge in [-0.25, -0.2) is 4.39 Å². The lowest BCUT2D eigenvalue weighted by Gasteiger charge is -2.41. The van der Waals surface area contributed by atoms with Crippen molar-refractivity contribution < 1.29 is 18.7 Å². The molecular weight excluding hydrogens is 447 g/mol. The lowest BCUT2D eigenvalue weighted by molar-refractivity contribution is -0.129. The number of anilines is 1. The van der Waals surface area contributed by atoms with Crippen molar-refractivity contribution in [2.24, 2.45) is 5.92 Å². The first-order valence-corrected chi connectivity index (χ1v) is 12.4. The van der Waals surface area contributed by atoms with Crippen LogP contribution in [0.1, 0.15) is 30.9 Å². The summed E-state index contributed by atoms with van der Waals surface area (Å²) in [5, 5.41) is 3.11. The summed E-state index contributed by atoms with van der Waals surface area (Å²) < 4.78 is 18.9. The molecule has 8 heteroatoms. The van der Waals surface area contributed by atoms with Gasteiger partial charge in [0.15, 0.2) is 0 Å². The van der Waals surface area contributed by atoms with E-state index in [0.717, 1.165) is 44.7 Å². The average molecular weight is 483 g/mol. The van der Waals surface area contributed by atoms with Gasteiger partial charge >= 0.3 is 0 Å². The van der Waals surface area contributed by atoms with E-state index >= 15 is 0 Å². The molecule has 2 fully saturated rings. The number of rotatable bonds is 8. The molecule has 7 nitrogen and oxygen atoms in total. The third-order valence-corrected chi connectivity index (χ3v) is 7.04. The van der Waals surface area contributed by atoms with Crippen molar-refractivity contribution in [3.8, 4) is 5.75 Å². The minimum atomic E-state index is -0.511. The summed E-state index contributed by atoms with van der Waals surface area (Å²) in [6.45, 7) is 5.80. The minimum absolute atomic E-state index is 0.0522. The van der Waals surface area contributed by atoms with E-state index in [-0.39, 0.29) is 24.1 Å². The molecule has 2 saturated heterocycles. The van der Waals surface area contributed by atoms with Crippen molar-refractivity contribution in [1.29, 1.82) is 0 Å². The Labute approximate surface area is 206 Å². The third-order valence-electron chi connectivity index (χ3n) is 7.04. The molecule has 4 rings (SSSR count). The Hall–Kier alpha value is -2.97. The molecule has 2 aromatic rings. The van der Waals surface area contributed by atoms with E-state index in [2.05, 4.69) is 22.2 Å². The number of carbonyl (C=O) groups is 2. The van der Waals surface area contributed by atoms with Gasteiger partial charge in [-0.1, -0.05) is 12.1 Å². The molecule has 2 aromatic carbocycles. The highest BCUT2D eigenvalue weighted by Gasteiger charge is 2.41. The Morgan fingerprint density at radius 1 is 1.06 bits per heavy atom. The molecule has 0 aromatic heterocycles. The number of piperazine rings is 1. The number of hydrogen-bond acceptors (Lipinski definition) is 5. The standard InChI is InChI=1S/C27H35FN4O3/c1-30-16-18-31(19-17-30)15-3-14-29-27(34)24-12-13-25(33)32(22-8-10-23(35-2)11-9-22)26(24)20-4-6-21(28)7-5-20/h4-11,24,26H,3,12-19H2,1-2H3,(H,29,34)/t24-,26-/m0/s1. The molecule has 0 saturated carbocycles. The number of piperidine rings is 1. The summed E-state index contributed by atoms with van der Waals surface area (Å²) in [6, 6.07) is 12.8. The fourth-order valence-corrected chi connectivity index (χ4v) is 4.97. The molecule has 1 N–H and O–H groups in total. The molecule has 0 spiro atoms. The van der Waals surface area contributed by atoms with Crippen molar-refractivity contribution in [1.82, 2.24) is 15.1 Å². The fraction of sp³-hybridized carbons (Fsp3) is 0.481. The summed E-state index contributed by atoms with van der Waals surface area (Å²) in [6.07, 6.45) is 1.62. The molecule has 2 aliphatic heterocycles. The molecule has 188 valence electrons. The molecule has 35 heavy (non-hydrogen) atoms. The van der Waals surface area contributed by atoms with Gasteiger partial charge < -0.3 is 24.8 Å². The Morgan fingerprint density at radius 3 is 2.40 bits per heavy atom. The van der Waals surface area contributed by atoms with Gasteiger partial charge in [-0.15, -0.1) is 0 Å². The van der Waals surface area contributed by atoms with Gasteiger partial charge in [-0.05, 0) is 68.4 Å². The van der Waals surface area contributed by atoms with Gasteiger partial charge in [0.2, 0.25) is 11.8 Å². The minimum Gasteiger partial charge on any atom is -0.497 e. The van der Waals surface area contributed by atoms with Crippen LogP contribution in [0.3, 0.4) is 0 Å². The van der Waals surface area contributed by atoms with Crippen molar-refractivity contribution in [2.45, 2.75) is 25.3 Å². The van der Waals surface area contributed by atoms with Gasteiger partial charge in [-0.2, -0.15) is 0 Å². The monoisotopic (exact) mass is 482 g/mol. The summed E-state index contributed by atoms with van der Waals surface area (Å²) in [5.74, 6) is -0.209. The zero-order valence-corrected chi connectivity index (χ0v) is 20.6. The first-order chi connectivity index (χ1) is 17.0. The molecule has 2 atom stereocenters. The number of likely N-dealkylation sites (N-methyl/N-ethyl adjacent to an activating group) is 1. The molecule has 2 amide bonds. The van der Waals surface area contributed by atoms with Crippen LogP contribution in [0, 0.1) is 11.7 Å². The summed E-state index contributed by atoms with van der Waals surface area (Å²) in [7, 11) is 3.73. The molecule has 2 aliphatic rings. The van der Waals surface area contributed by atoms with Crippen LogP contribution in [0.4, 0.5) is 10.1 Å². The van der Waals surface area contributed by atoms with Gasteiger partial charge in [-0.3, -0.25) is 9.59 Å². The molecule has 0 aliphatic carbocycles. The van der Waals surface area contributed by atoms with Crippen LogP contribution < -0.4 is 15.0 Å². The lowest BCUT2D eigenvalue weighted by Crippen LogP contribution is -2.49. The number of nitrogens with one attached hydrogen (secondary N) is 1. The highest BCUT2D eigenvalue weighted by atomic mass is 19.1. The summed E-state index contributed by atoms with van der Waals surface area (Å²) >= 11 is 0. The number of carbonyl (C=O) groups excluding carboxylic acids is 2. The van der Waals surface area contributed by atoms with E-state index in [1.807, 2.05) is 12.1 Å². The first-order valence-electron chi connectivity index (χ1n) is 12.4. The maximum atomic E-state index is 13.7. The topological polar surface area (TPSA) is 65.1 Å².